The van der Waals surface area contributed by atoms with Crippen molar-refractivity contribution in [3.63, 3.8) is 0 Å². The highest BCUT2D eigenvalue weighted by molar-refractivity contribution is 5.97. The standard InChI is InChI=1S/C17H19NO3/c1-17(12-19,13-8-4-3-5-9-13)18-16(20)14-10-6-7-11-15(14)21-2/h3-11,19H,12H2,1-2H3,(H,18,20). The third-order valence-electron chi connectivity index (χ3n) is 3.47. The highest BCUT2D eigenvalue weighted by atomic mass is 16.5. The van der Waals surface area contributed by atoms with Crippen molar-refractivity contribution >= 4 is 5.91 Å². The van der Waals surface area contributed by atoms with Crippen molar-refractivity contribution in [2.45, 2.75) is 12.5 Å². The molecule has 2 aromatic rings. The van der Waals surface area contributed by atoms with Gasteiger partial charge in [0.05, 0.1) is 24.8 Å². The topological polar surface area (TPSA) is 58.6 Å². The van der Waals surface area contributed by atoms with Crippen LogP contribution in [0, 0.1) is 0 Å². The predicted octanol–water partition coefficient (Wildman–Crippen LogP) is 2.33. The number of aliphatic hydroxyl groups excluding tert-OH is 1. The van der Waals surface area contributed by atoms with Crippen LogP contribution in [0.5, 0.6) is 5.75 Å². The number of methoxy groups -OCH3 is 1. The van der Waals surface area contributed by atoms with Crippen molar-refractivity contribution < 1.29 is 14.6 Å². The quantitative estimate of drug-likeness (QED) is 0.886. The van der Waals surface area contributed by atoms with Crippen molar-refractivity contribution in [2.75, 3.05) is 13.7 Å². The Bertz CT molecular complexity index is 612. The summed E-state index contributed by atoms with van der Waals surface area (Å²) in [7, 11) is 1.52. The second-order valence-corrected chi connectivity index (χ2v) is 5.01. The van der Waals surface area contributed by atoms with E-state index in [9.17, 15) is 9.90 Å². The Kier molecular flexibility index (Phi) is 4.60. The number of ether oxygens (including phenoxy) is 1. The molecule has 0 aliphatic carbocycles. The molecule has 0 spiro atoms. The smallest absolute Gasteiger partial charge is 0.255 e. The molecule has 1 atom stereocenters. The van der Waals surface area contributed by atoms with Crippen LogP contribution in [-0.4, -0.2) is 24.7 Å². The Morgan fingerprint density at radius 2 is 1.76 bits per heavy atom. The molecule has 0 aromatic heterocycles. The molecule has 4 nitrogen and oxygen atoms in total. The van der Waals surface area contributed by atoms with Crippen LogP contribution in [0.3, 0.4) is 0 Å². The number of aliphatic hydroxyl groups is 1. The van der Waals surface area contributed by atoms with Gasteiger partial charge in [0.1, 0.15) is 5.75 Å². The minimum Gasteiger partial charge on any atom is -0.496 e. The first-order valence-electron chi connectivity index (χ1n) is 6.72. The van der Waals surface area contributed by atoms with Crippen LogP contribution in [-0.2, 0) is 5.54 Å². The summed E-state index contributed by atoms with van der Waals surface area (Å²) in [6.07, 6.45) is 0. The van der Waals surface area contributed by atoms with Gasteiger partial charge in [0.2, 0.25) is 0 Å². The number of rotatable bonds is 5. The average Bonchev–Trinajstić information content (AvgIpc) is 2.55. The molecule has 0 saturated carbocycles. The second-order valence-electron chi connectivity index (χ2n) is 5.01. The van der Waals surface area contributed by atoms with E-state index in [0.717, 1.165) is 5.56 Å². The van der Waals surface area contributed by atoms with Crippen LogP contribution in [0.2, 0.25) is 0 Å². The fraction of sp³-hybridized carbons (Fsp3) is 0.235. The highest BCUT2D eigenvalue weighted by Crippen LogP contribution is 2.23. The van der Waals surface area contributed by atoms with Crippen molar-refractivity contribution in [2.24, 2.45) is 0 Å². The van der Waals surface area contributed by atoms with Gasteiger partial charge in [-0.05, 0) is 24.6 Å². The summed E-state index contributed by atoms with van der Waals surface area (Å²) in [5, 5.41) is 12.6. The fourth-order valence-electron chi connectivity index (χ4n) is 2.16. The number of para-hydroxylation sites is 1. The van der Waals surface area contributed by atoms with Gasteiger partial charge in [-0.15, -0.1) is 0 Å². The zero-order valence-electron chi connectivity index (χ0n) is 12.2. The first-order chi connectivity index (χ1) is 10.1. The maximum atomic E-state index is 12.5. The van der Waals surface area contributed by atoms with Crippen LogP contribution in [0.4, 0.5) is 0 Å². The lowest BCUT2D eigenvalue weighted by Crippen LogP contribution is -2.46. The van der Waals surface area contributed by atoms with Gasteiger partial charge >= 0.3 is 0 Å². The average molecular weight is 285 g/mol. The van der Waals surface area contributed by atoms with Crippen LogP contribution >= 0.6 is 0 Å². The molecule has 2 rings (SSSR count). The summed E-state index contributed by atoms with van der Waals surface area (Å²) in [4.78, 5) is 12.5. The van der Waals surface area contributed by atoms with Crippen LogP contribution in [0.15, 0.2) is 54.6 Å². The lowest BCUT2D eigenvalue weighted by atomic mass is 9.92. The largest absolute Gasteiger partial charge is 0.496 e. The second kappa shape index (κ2) is 6.41. The van der Waals surface area contributed by atoms with Gasteiger partial charge < -0.3 is 15.2 Å². The molecule has 0 radical (unpaired) electrons. The number of hydrogen-bond acceptors (Lipinski definition) is 3. The molecule has 2 aromatic carbocycles. The number of hydrogen-bond donors (Lipinski definition) is 2. The Balaban J connectivity index is 2.28. The first-order valence-corrected chi connectivity index (χ1v) is 6.72. The van der Waals surface area contributed by atoms with Gasteiger partial charge in [-0.3, -0.25) is 4.79 Å². The van der Waals surface area contributed by atoms with E-state index in [1.807, 2.05) is 30.3 Å². The van der Waals surface area contributed by atoms with E-state index >= 15 is 0 Å². The number of amides is 1. The van der Waals surface area contributed by atoms with E-state index in [1.54, 1.807) is 31.2 Å². The van der Waals surface area contributed by atoms with E-state index < -0.39 is 5.54 Å². The Hall–Kier alpha value is -2.33. The summed E-state index contributed by atoms with van der Waals surface area (Å²) in [5.74, 6) is 0.219. The Labute approximate surface area is 124 Å². The molecule has 1 unspecified atom stereocenters. The maximum Gasteiger partial charge on any atom is 0.255 e. The maximum absolute atomic E-state index is 12.5. The molecule has 21 heavy (non-hydrogen) atoms. The minimum absolute atomic E-state index is 0.197. The van der Waals surface area contributed by atoms with Gasteiger partial charge in [-0.25, -0.2) is 0 Å². The molecule has 0 aliphatic rings. The van der Waals surface area contributed by atoms with Crippen molar-refractivity contribution in [1.29, 1.82) is 0 Å². The number of nitrogens with one attached hydrogen (secondary N) is 1. The van der Waals surface area contributed by atoms with E-state index in [-0.39, 0.29) is 12.5 Å². The van der Waals surface area contributed by atoms with E-state index in [1.165, 1.54) is 7.11 Å². The first kappa shape index (κ1) is 15.1. The van der Waals surface area contributed by atoms with Gasteiger partial charge in [0.15, 0.2) is 0 Å². The third-order valence-corrected chi connectivity index (χ3v) is 3.47. The van der Waals surface area contributed by atoms with Crippen LogP contribution in [0.1, 0.15) is 22.8 Å². The summed E-state index contributed by atoms with van der Waals surface area (Å²) in [6.45, 7) is 1.59. The number of benzene rings is 2. The van der Waals surface area contributed by atoms with E-state index in [0.29, 0.717) is 11.3 Å². The van der Waals surface area contributed by atoms with Gasteiger partial charge in [0.25, 0.3) is 5.91 Å². The lowest BCUT2D eigenvalue weighted by Gasteiger charge is -2.29. The van der Waals surface area contributed by atoms with Crippen molar-refractivity contribution in [3.8, 4) is 5.75 Å². The molecular formula is C17H19NO3. The highest BCUT2D eigenvalue weighted by Gasteiger charge is 2.28. The molecule has 1 amide bonds. The van der Waals surface area contributed by atoms with Crippen molar-refractivity contribution in [3.05, 3.63) is 65.7 Å². The Morgan fingerprint density at radius 1 is 1.14 bits per heavy atom. The molecule has 110 valence electrons. The van der Waals surface area contributed by atoms with E-state index in [4.69, 9.17) is 4.74 Å². The molecular weight excluding hydrogens is 266 g/mol. The molecule has 0 heterocycles. The van der Waals surface area contributed by atoms with Gasteiger partial charge in [0, 0.05) is 0 Å². The van der Waals surface area contributed by atoms with Gasteiger partial charge in [-0.2, -0.15) is 0 Å². The zero-order chi connectivity index (χ0) is 15.3. The summed E-state index contributed by atoms with van der Waals surface area (Å²) in [6, 6.07) is 16.4. The number of carbonyl (C=O) groups excluding carboxylic acids is 1. The molecule has 4 heteroatoms. The monoisotopic (exact) mass is 285 g/mol. The SMILES string of the molecule is COc1ccccc1C(=O)NC(C)(CO)c1ccccc1. The molecule has 2 N–H and O–H groups in total. The molecule has 0 aliphatic heterocycles. The fourth-order valence-corrected chi connectivity index (χ4v) is 2.16. The zero-order valence-corrected chi connectivity index (χ0v) is 12.2. The van der Waals surface area contributed by atoms with Gasteiger partial charge in [-0.1, -0.05) is 42.5 Å². The van der Waals surface area contributed by atoms with Crippen molar-refractivity contribution in [1.82, 2.24) is 5.32 Å². The lowest BCUT2D eigenvalue weighted by molar-refractivity contribution is 0.0846. The summed E-state index contributed by atoms with van der Waals surface area (Å²) < 4.78 is 5.20. The predicted molar refractivity (Wildman–Crippen MR) is 81.3 cm³/mol. The molecule has 0 fully saturated rings. The van der Waals surface area contributed by atoms with Crippen LogP contribution in [0.25, 0.3) is 0 Å². The van der Waals surface area contributed by atoms with Crippen LogP contribution < -0.4 is 10.1 Å². The summed E-state index contributed by atoms with van der Waals surface area (Å²) in [5.41, 5.74) is 0.436. The summed E-state index contributed by atoms with van der Waals surface area (Å²) >= 11 is 0. The normalized spacial score (nSPS) is 13.3. The van der Waals surface area contributed by atoms with E-state index in [2.05, 4.69) is 5.32 Å². The third kappa shape index (κ3) is 3.23. The molecule has 0 saturated heterocycles. The number of carbonyl (C=O) groups is 1. The minimum atomic E-state index is -0.848. The molecule has 0 bridgehead atoms. The Morgan fingerprint density at radius 3 is 2.38 bits per heavy atom.